The maximum Gasteiger partial charge on any atom is 0.254 e. The van der Waals surface area contributed by atoms with Gasteiger partial charge in [-0.15, -0.1) is 0 Å². The van der Waals surface area contributed by atoms with E-state index in [4.69, 9.17) is 0 Å². The molecule has 0 aliphatic carbocycles. The fourth-order valence-corrected chi connectivity index (χ4v) is 3.54. The van der Waals surface area contributed by atoms with Crippen LogP contribution in [0.5, 0.6) is 0 Å². The molecule has 3 nitrogen and oxygen atoms in total. The Bertz CT molecular complexity index is 860. The molecule has 120 valence electrons. The summed E-state index contributed by atoms with van der Waals surface area (Å²) >= 11 is 0. The van der Waals surface area contributed by atoms with E-state index in [1.54, 1.807) is 0 Å². The number of rotatable bonds is 2. The van der Waals surface area contributed by atoms with Crippen molar-refractivity contribution in [3.63, 3.8) is 0 Å². The second-order valence-electron chi connectivity index (χ2n) is 6.34. The van der Waals surface area contributed by atoms with Gasteiger partial charge in [-0.3, -0.25) is 9.78 Å². The number of nitrogens with zero attached hydrogens (tertiary/aromatic N) is 2. The van der Waals surface area contributed by atoms with Crippen LogP contribution in [-0.4, -0.2) is 22.3 Å². The van der Waals surface area contributed by atoms with Gasteiger partial charge in [0.15, 0.2) is 0 Å². The lowest BCUT2D eigenvalue weighted by Gasteiger charge is -2.36. The first-order chi connectivity index (χ1) is 11.8. The number of hydrogen-bond donors (Lipinski definition) is 0. The molecule has 1 aromatic heterocycles. The van der Waals surface area contributed by atoms with E-state index >= 15 is 0 Å². The molecule has 1 aliphatic heterocycles. The van der Waals surface area contributed by atoms with Crippen LogP contribution in [0.4, 0.5) is 0 Å². The van der Waals surface area contributed by atoms with Crippen molar-refractivity contribution in [2.24, 2.45) is 0 Å². The number of carbonyl (C=O) groups is 1. The van der Waals surface area contributed by atoms with E-state index in [9.17, 15) is 4.79 Å². The van der Waals surface area contributed by atoms with Gasteiger partial charge in [0, 0.05) is 23.7 Å². The van der Waals surface area contributed by atoms with Gasteiger partial charge in [-0.25, -0.2) is 0 Å². The third-order valence-corrected chi connectivity index (χ3v) is 4.78. The van der Waals surface area contributed by atoms with E-state index in [2.05, 4.69) is 17.1 Å². The van der Waals surface area contributed by atoms with Crippen molar-refractivity contribution in [2.75, 3.05) is 6.54 Å². The third-order valence-electron chi connectivity index (χ3n) is 4.78. The predicted molar refractivity (Wildman–Crippen MR) is 95.8 cm³/mol. The van der Waals surface area contributed by atoms with E-state index in [1.165, 1.54) is 0 Å². The number of hydrogen-bond acceptors (Lipinski definition) is 2. The number of likely N-dealkylation sites (tertiary alicyclic amines) is 1. The summed E-state index contributed by atoms with van der Waals surface area (Å²) in [6.45, 7) is 0.811. The number of para-hydroxylation sites is 1. The van der Waals surface area contributed by atoms with Crippen molar-refractivity contribution in [1.82, 2.24) is 9.88 Å². The summed E-state index contributed by atoms with van der Waals surface area (Å²) in [7, 11) is 0. The minimum atomic E-state index is 0.114. The SMILES string of the molecule is O=C(c1ccccc1)N1CCCC[C@@H]1c1cnc2ccccc2c1. The fourth-order valence-electron chi connectivity index (χ4n) is 3.54. The van der Waals surface area contributed by atoms with Gasteiger partial charge in [0.25, 0.3) is 5.91 Å². The van der Waals surface area contributed by atoms with Crippen LogP contribution >= 0.6 is 0 Å². The third kappa shape index (κ3) is 2.78. The van der Waals surface area contributed by atoms with E-state index in [0.717, 1.165) is 47.8 Å². The van der Waals surface area contributed by atoms with Crippen molar-refractivity contribution < 1.29 is 4.79 Å². The molecule has 0 radical (unpaired) electrons. The Morgan fingerprint density at radius 2 is 1.79 bits per heavy atom. The second kappa shape index (κ2) is 6.44. The lowest BCUT2D eigenvalue weighted by atomic mass is 9.94. The van der Waals surface area contributed by atoms with Crippen LogP contribution < -0.4 is 0 Å². The zero-order valence-corrected chi connectivity index (χ0v) is 13.6. The number of pyridine rings is 1. The molecular weight excluding hydrogens is 296 g/mol. The maximum absolute atomic E-state index is 13.0. The summed E-state index contributed by atoms with van der Waals surface area (Å²) in [6, 6.07) is 20.0. The molecule has 0 saturated carbocycles. The summed E-state index contributed by atoms with van der Waals surface area (Å²) < 4.78 is 0. The van der Waals surface area contributed by atoms with E-state index in [-0.39, 0.29) is 11.9 Å². The smallest absolute Gasteiger partial charge is 0.254 e. The number of benzene rings is 2. The first-order valence-electron chi connectivity index (χ1n) is 8.53. The van der Waals surface area contributed by atoms with Crippen LogP contribution in [-0.2, 0) is 0 Å². The molecular formula is C21H20N2O. The normalized spacial score (nSPS) is 17.8. The summed E-state index contributed by atoms with van der Waals surface area (Å²) in [4.78, 5) is 19.6. The standard InChI is InChI=1S/C21H20N2O/c24-21(16-8-2-1-3-9-16)23-13-7-6-12-20(23)18-14-17-10-4-5-11-19(17)22-15-18/h1-5,8-11,14-15,20H,6-7,12-13H2/t20-/m1/s1. The average Bonchev–Trinajstić information content (AvgIpc) is 2.68. The predicted octanol–water partition coefficient (Wildman–Crippen LogP) is 4.60. The van der Waals surface area contributed by atoms with E-state index < -0.39 is 0 Å². The summed E-state index contributed by atoms with van der Waals surface area (Å²) in [5.74, 6) is 0.119. The van der Waals surface area contributed by atoms with Crippen LogP contribution in [0.3, 0.4) is 0 Å². The molecule has 1 aliphatic rings. The molecule has 0 unspecified atom stereocenters. The van der Waals surface area contributed by atoms with E-state index in [1.807, 2.05) is 59.6 Å². The van der Waals surface area contributed by atoms with Gasteiger partial charge in [-0.2, -0.15) is 0 Å². The van der Waals surface area contributed by atoms with Crippen molar-refractivity contribution in [3.8, 4) is 0 Å². The molecule has 2 heterocycles. The number of piperidine rings is 1. The van der Waals surface area contributed by atoms with E-state index in [0.29, 0.717) is 0 Å². The lowest BCUT2D eigenvalue weighted by Crippen LogP contribution is -2.38. The molecule has 1 fully saturated rings. The summed E-state index contributed by atoms with van der Waals surface area (Å²) in [5.41, 5.74) is 2.90. The summed E-state index contributed by atoms with van der Waals surface area (Å²) in [5, 5.41) is 1.13. The number of fused-ring (bicyclic) bond motifs is 1. The van der Waals surface area contributed by atoms with Gasteiger partial charge in [0.2, 0.25) is 0 Å². The quantitative estimate of drug-likeness (QED) is 0.692. The van der Waals surface area contributed by atoms with Gasteiger partial charge < -0.3 is 4.90 Å². The number of carbonyl (C=O) groups excluding carboxylic acids is 1. The highest BCUT2D eigenvalue weighted by molar-refractivity contribution is 5.94. The number of aromatic nitrogens is 1. The second-order valence-corrected chi connectivity index (χ2v) is 6.34. The van der Waals surface area contributed by atoms with Gasteiger partial charge >= 0.3 is 0 Å². The average molecular weight is 316 g/mol. The minimum Gasteiger partial charge on any atom is -0.332 e. The van der Waals surface area contributed by atoms with Crippen LogP contribution in [0.2, 0.25) is 0 Å². The molecule has 4 rings (SSSR count). The molecule has 0 bridgehead atoms. The highest BCUT2D eigenvalue weighted by Gasteiger charge is 2.28. The molecule has 1 atom stereocenters. The van der Waals surface area contributed by atoms with Crippen LogP contribution in [0, 0.1) is 0 Å². The van der Waals surface area contributed by atoms with Crippen LogP contribution in [0.1, 0.15) is 41.2 Å². The Balaban J connectivity index is 1.69. The first-order valence-corrected chi connectivity index (χ1v) is 8.53. The molecule has 3 aromatic rings. The highest BCUT2D eigenvalue weighted by atomic mass is 16.2. The van der Waals surface area contributed by atoms with Crippen LogP contribution in [0.15, 0.2) is 66.9 Å². The van der Waals surface area contributed by atoms with Crippen molar-refractivity contribution in [1.29, 1.82) is 0 Å². The Morgan fingerprint density at radius 3 is 2.67 bits per heavy atom. The van der Waals surface area contributed by atoms with Gasteiger partial charge in [-0.1, -0.05) is 36.4 Å². The summed E-state index contributed by atoms with van der Waals surface area (Å²) in [6.07, 6.45) is 5.15. The maximum atomic E-state index is 13.0. The fraction of sp³-hybridized carbons (Fsp3) is 0.238. The van der Waals surface area contributed by atoms with Gasteiger partial charge in [0.1, 0.15) is 0 Å². The largest absolute Gasteiger partial charge is 0.332 e. The molecule has 1 amide bonds. The topological polar surface area (TPSA) is 33.2 Å². The Labute approximate surface area is 141 Å². The van der Waals surface area contributed by atoms with Gasteiger partial charge in [0.05, 0.1) is 11.6 Å². The molecule has 24 heavy (non-hydrogen) atoms. The number of amides is 1. The molecule has 3 heteroatoms. The Hall–Kier alpha value is -2.68. The minimum absolute atomic E-state index is 0.114. The van der Waals surface area contributed by atoms with Crippen molar-refractivity contribution in [3.05, 3.63) is 78.0 Å². The molecule has 1 saturated heterocycles. The van der Waals surface area contributed by atoms with Crippen LogP contribution in [0.25, 0.3) is 10.9 Å². The Morgan fingerprint density at radius 1 is 1.00 bits per heavy atom. The van der Waals surface area contributed by atoms with Crippen molar-refractivity contribution in [2.45, 2.75) is 25.3 Å². The molecule has 2 aromatic carbocycles. The monoisotopic (exact) mass is 316 g/mol. The first kappa shape index (κ1) is 14.9. The van der Waals surface area contributed by atoms with Gasteiger partial charge in [-0.05, 0) is 49.1 Å². The van der Waals surface area contributed by atoms with Crippen molar-refractivity contribution >= 4 is 16.8 Å². The Kier molecular flexibility index (Phi) is 3.99. The highest BCUT2D eigenvalue weighted by Crippen LogP contribution is 2.33. The zero-order chi connectivity index (χ0) is 16.4. The lowest BCUT2D eigenvalue weighted by molar-refractivity contribution is 0.0611. The molecule has 0 spiro atoms. The molecule has 0 N–H and O–H groups in total. The zero-order valence-electron chi connectivity index (χ0n) is 13.6.